The Labute approximate surface area is 121 Å². The smallest absolute Gasteiger partial charge is 0.151 e. The molecule has 3 nitrogen and oxygen atoms in total. The summed E-state index contributed by atoms with van der Waals surface area (Å²) >= 11 is 0. The third-order valence-corrected chi connectivity index (χ3v) is 3.60. The Morgan fingerprint density at radius 3 is 2.20 bits per heavy atom. The van der Waals surface area contributed by atoms with E-state index in [0.717, 1.165) is 22.6 Å². The number of nitrogens with zero attached hydrogens (tertiary/aromatic N) is 2. The van der Waals surface area contributed by atoms with Crippen LogP contribution in [0.2, 0.25) is 0 Å². The first-order valence-corrected chi connectivity index (χ1v) is 6.96. The summed E-state index contributed by atoms with van der Waals surface area (Å²) in [4.78, 5) is 0. The molecule has 2 aromatic rings. The highest BCUT2D eigenvalue weighted by atomic mass is 15.2. The molecule has 1 heterocycles. The quantitative estimate of drug-likeness (QED) is 0.892. The number of nitrogens with one attached hydrogen (secondary N) is 1. The van der Waals surface area contributed by atoms with Crippen molar-refractivity contribution in [2.45, 2.75) is 40.0 Å². The zero-order valence-electron chi connectivity index (χ0n) is 13.2. The third-order valence-electron chi connectivity index (χ3n) is 3.60. The topological polar surface area (TPSA) is 37.8 Å². The summed E-state index contributed by atoms with van der Waals surface area (Å²) in [6.07, 6.45) is 0. The van der Waals surface area contributed by atoms with E-state index in [4.69, 9.17) is 0 Å². The fourth-order valence-electron chi connectivity index (χ4n) is 2.23. The lowest BCUT2D eigenvalue weighted by Crippen LogP contribution is -2.11. The molecule has 106 valence electrons. The van der Waals surface area contributed by atoms with Gasteiger partial charge >= 0.3 is 0 Å². The van der Waals surface area contributed by atoms with E-state index in [-0.39, 0.29) is 5.41 Å². The maximum Gasteiger partial charge on any atom is 0.151 e. The fraction of sp³-hybridized carbons (Fsp3) is 0.412. The van der Waals surface area contributed by atoms with Gasteiger partial charge < -0.3 is 5.32 Å². The van der Waals surface area contributed by atoms with E-state index in [1.54, 1.807) is 0 Å². The highest BCUT2D eigenvalue weighted by Crippen LogP contribution is 2.30. The standard InChI is InChI=1S/C17H23N3/c1-11-7-8-13(17(3,4)5)10-14(11)15-9-12(2)16(18-6)20-19-15/h7-10H,1-6H3,(H,18,20). The minimum absolute atomic E-state index is 0.135. The number of anilines is 1. The summed E-state index contributed by atoms with van der Waals surface area (Å²) in [7, 11) is 1.86. The molecule has 1 aromatic heterocycles. The van der Waals surface area contributed by atoms with Gasteiger partial charge in [0.25, 0.3) is 0 Å². The van der Waals surface area contributed by atoms with Crippen LogP contribution in [0.4, 0.5) is 5.82 Å². The largest absolute Gasteiger partial charge is 0.371 e. The number of aromatic nitrogens is 2. The van der Waals surface area contributed by atoms with Crippen molar-refractivity contribution in [3.8, 4) is 11.3 Å². The number of benzene rings is 1. The second-order valence-electron chi connectivity index (χ2n) is 6.29. The van der Waals surface area contributed by atoms with E-state index in [2.05, 4.69) is 67.5 Å². The molecule has 3 heteroatoms. The lowest BCUT2D eigenvalue weighted by atomic mass is 9.85. The van der Waals surface area contributed by atoms with Crippen LogP contribution in [-0.4, -0.2) is 17.2 Å². The molecule has 0 spiro atoms. The molecule has 0 amide bonds. The first-order valence-electron chi connectivity index (χ1n) is 6.96. The van der Waals surface area contributed by atoms with Gasteiger partial charge in [-0.15, -0.1) is 10.2 Å². The molecule has 2 rings (SSSR count). The third kappa shape index (κ3) is 2.82. The van der Waals surface area contributed by atoms with Crippen LogP contribution in [0.25, 0.3) is 11.3 Å². The molecule has 0 saturated heterocycles. The first kappa shape index (κ1) is 14.5. The zero-order chi connectivity index (χ0) is 14.9. The first-order chi connectivity index (χ1) is 9.32. The lowest BCUT2D eigenvalue weighted by molar-refractivity contribution is 0.590. The molecule has 0 radical (unpaired) electrons. The van der Waals surface area contributed by atoms with E-state index >= 15 is 0 Å². The van der Waals surface area contributed by atoms with Crippen LogP contribution in [0.5, 0.6) is 0 Å². The number of hydrogen-bond acceptors (Lipinski definition) is 3. The van der Waals surface area contributed by atoms with Crippen LogP contribution in [0.15, 0.2) is 24.3 Å². The average molecular weight is 269 g/mol. The molecule has 0 fully saturated rings. The molecule has 1 aromatic carbocycles. The normalized spacial score (nSPS) is 11.5. The predicted octanol–water partition coefficient (Wildman–Crippen LogP) is 4.10. The van der Waals surface area contributed by atoms with Gasteiger partial charge in [0.15, 0.2) is 5.82 Å². The van der Waals surface area contributed by atoms with Crippen LogP contribution < -0.4 is 5.32 Å². The molecule has 20 heavy (non-hydrogen) atoms. The molecule has 1 N–H and O–H groups in total. The van der Waals surface area contributed by atoms with Crippen molar-refractivity contribution < 1.29 is 0 Å². The van der Waals surface area contributed by atoms with Crippen molar-refractivity contribution in [2.24, 2.45) is 0 Å². The Hall–Kier alpha value is -1.90. The van der Waals surface area contributed by atoms with Gasteiger partial charge in [0, 0.05) is 12.6 Å². The number of rotatable bonds is 2. The molecular weight excluding hydrogens is 246 g/mol. The minimum Gasteiger partial charge on any atom is -0.371 e. The van der Waals surface area contributed by atoms with Gasteiger partial charge in [0.2, 0.25) is 0 Å². The second kappa shape index (κ2) is 5.23. The Balaban J connectivity index is 2.54. The van der Waals surface area contributed by atoms with Crippen LogP contribution in [0.1, 0.15) is 37.5 Å². The Kier molecular flexibility index (Phi) is 3.80. The molecule has 0 aliphatic rings. The highest BCUT2D eigenvalue weighted by Gasteiger charge is 2.16. The van der Waals surface area contributed by atoms with E-state index in [1.165, 1.54) is 11.1 Å². The summed E-state index contributed by atoms with van der Waals surface area (Å²) in [6.45, 7) is 10.8. The van der Waals surface area contributed by atoms with Gasteiger partial charge in [-0.1, -0.05) is 32.9 Å². The Bertz CT molecular complexity index is 625. The molecule has 0 atom stereocenters. The van der Waals surface area contributed by atoms with E-state index in [9.17, 15) is 0 Å². The summed E-state index contributed by atoms with van der Waals surface area (Å²) in [6, 6.07) is 8.69. The zero-order valence-corrected chi connectivity index (χ0v) is 13.2. The number of hydrogen-bond donors (Lipinski definition) is 1. The summed E-state index contributed by atoms with van der Waals surface area (Å²) in [5.41, 5.74) is 5.88. The molecule has 0 aliphatic heterocycles. The molecule has 0 saturated carbocycles. The van der Waals surface area contributed by atoms with Gasteiger partial charge in [-0.05, 0) is 48.1 Å². The van der Waals surface area contributed by atoms with Crippen LogP contribution in [0, 0.1) is 13.8 Å². The Morgan fingerprint density at radius 1 is 0.950 bits per heavy atom. The second-order valence-corrected chi connectivity index (χ2v) is 6.29. The highest BCUT2D eigenvalue weighted by molar-refractivity contribution is 5.66. The molecular formula is C17H23N3. The minimum atomic E-state index is 0.135. The van der Waals surface area contributed by atoms with E-state index < -0.39 is 0 Å². The fourth-order valence-corrected chi connectivity index (χ4v) is 2.23. The summed E-state index contributed by atoms with van der Waals surface area (Å²) in [5.74, 6) is 0.832. The van der Waals surface area contributed by atoms with Gasteiger partial charge in [0.05, 0.1) is 5.69 Å². The van der Waals surface area contributed by atoms with Crippen molar-refractivity contribution in [3.05, 3.63) is 41.0 Å². The summed E-state index contributed by atoms with van der Waals surface area (Å²) < 4.78 is 0. The average Bonchev–Trinajstić information content (AvgIpc) is 2.37. The van der Waals surface area contributed by atoms with Crippen molar-refractivity contribution >= 4 is 5.82 Å². The van der Waals surface area contributed by atoms with Crippen molar-refractivity contribution in [2.75, 3.05) is 12.4 Å². The van der Waals surface area contributed by atoms with Crippen molar-refractivity contribution in [1.82, 2.24) is 10.2 Å². The van der Waals surface area contributed by atoms with Gasteiger partial charge in [0.1, 0.15) is 0 Å². The molecule has 0 bridgehead atoms. The predicted molar refractivity (Wildman–Crippen MR) is 85.2 cm³/mol. The summed E-state index contributed by atoms with van der Waals surface area (Å²) in [5, 5.41) is 11.6. The van der Waals surface area contributed by atoms with Crippen LogP contribution >= 0.6 is 0 Å². The van der Waals surface area contributed by atoms with Crippen molar-refractivity contribution in [1.29, 1.82) is 0 Å². The SMILES string of the molecule is CNc1nnc(-c2cc(C(C)(C)C)ccc2C)cc1C. The number of aryl methyl sites for hydroxylation is 2. The monoisotopic (exact) mass is 269 g/mol. The van der Waals surface area contributed by atoms with Crippen molar-refractivity contribution in [3.63, 3.8) is 0 Å². The van der Waals surface area contributed by atoms with E-state index in [1.807, 2.05) is 14.0 Å². The van der Waals surface area contributed by atoms with Gasteiger partial charge in [-0.2, -0.15) is 0 Å². The maximum absolute atomic E-state index is 4.35. The van der Waals surface area contributed by atoms with Gasteiger partial charge in [-0.3, -0.25) is 0 Å². The lowest BCUT2D eigenvalue weighted by Gasteiger charge is -2.20. The molecule has 0 unspecified atom stereocenters. The Morgan fingerprint density at radius 2 is 1.65 bits per heavy atom. The maximum atomic E-state index is 4.35. The molecule has 0 aliphatic carbocycles. The van der Waals surface area contributed by atoms with Gasteiger partial charge in [-0.25, -0.2) is 0 Å². The van der Waals surface area contributed by atoms with Crippen LogP contribution in [0.3, 0.4) is 0 Å². The van der Waals surface area contributed by atoms with E-state index in [0.29, 0.717) is 0 Å². The van der Waals surface area contributed by atoms with Crippen LogP contribution in [-0.2, 0) is 5.41 Å².